The first-order valence-corrected chi connectivity index (χ1v) is 11.4. The van der Waals surface area contributed by atoms with Gasteiger partial charge in [0.1, 0.15) is 5.75 Å². The number of halogens is 1. The van der Waals surface area contributed by atoms with Crippen molar-refractivity contribution in [3.05, 3.63) is 94.1 Å². The number of aromatic nitrogens is 4. The van der Waals surface area contributed by atoms with Gasteiger partial charge in [0.15, 0.2) is 5.16 Å². The molecule has 0 amide bonds. The number of hydrogen-bond acceptors (Lipinski definition) is 7. The number of nitrogens with zero attached hydrogens (tertiary/aromatic N) is 4. The highest BCUT2D eigenvalue weighted by atomic mass is 35.5. The lowest BCUT2D eigenvalue weighted by Crippen LogP contribution is -2.21. The third kappa shape index (κ3) is 4.35. The van der Waals surface area contributed by atoms with Crippen LogP contribution in [-0.2, 0) is 5.75 Å². The van der Waals surface area contributed by atoms with Crippen LogP contribution in [0.2, 0.25) is 5.02 Å². The van der Waals surface area contributed by atoms with E-state index in [1.807, 2.05) is 42.5 Å². The van der Waals surface area contributed by atoms with Gasteiger partial charge in [0, 0.05) is 10.6 Å². The molecule has 0 saturated carbocycles. The quantitative estimate of drug-likeness (QED) is 0.240. The molecular weight excluding hydrogens is 460 g/mol. The molecule has 2 heterocycles. The Labute approximate surface area is 198 Å². The third-order valence-corrected chi connectivity index (χ3v) is 6.11. The number of fused-ring (bicyclic) bond motifs is 1. The van der Waals surface area contributed by atoms with Crippen molar-refractivity contribution < 1.29 is 9.26 Å². The molecule has 2 aromatic heterocycles. The van der Waals surface area contributed by atoms with Crippen LogP contribution < -0.4 is 10.3 Å². The van der Waals surface area contributed by atoms with Crippen molar-refractivity contribution in [3.8, 4) is 22.8 Å². The van der Waals surface area contributed by atoms with E-state index in [1.54, 1.807) is 42.0 Å². The second-order valence-corrected chi connectivity index (χ2v) is 8.44. The Hall–Kier alpha value is -3.62. The van der Waals surface area contributed by atoms with Crippen LogP contribution in [0.5, 0.6) is 5.75 Å². The molecule has 0 aliphatic heterocycles. The zero-order chi connectivity index (χ0) is 22.8. The topological polar surface area (TPSA) is 83.0 Å². The molecule has 0 spiro atoms. The summed E-state index contributed by atoms with van der Waals surface area (Å²) in [4.78, 5) is 22.5. The van der Waals surface area contributed by atoms with E-state index in [4.69, 9.17) is 25.8 Å². The zero-order valence-corrected chi connectivity index (χ0v) is 19.0. The molecule has 0 aliphatic carbocycles. The van der Waals surface area contributed by atoms with Gasteiger partial charge < -0.3 is 9.26 Å². The molecule has 0 N–H and O–H groups in total. The lowest BCUT2D eigenvalue weighted by atomic mass is 10.2. The van der Waals surface area contributed by atoms with Crippen molar-refractivity contribution in [1.29, 1.82) is 0 Å². The van der Waals surface area contributed by atoms with E-state index in [0.717, 1.165) is 5.56 Å². The molecule has 33 heavy (non-hydrogen) atoms. The van der Waals surface area contributed by atoms with Gasteiger partial charge in [-0.3, -0.25) is 9.36 Å². The van der Waals surface area contributed by atoms with Crippen LogP contribution in [0.25, 0.3) is 28.0 Å². The van der Waals surface area contributed by atoms with E-state index in [-0.39, 0.29) is 5.56 Å². The fourth-order valence-electron chi connectivity index (χ4n) is 3.35. The number of ether oxygens (including phenoxy) is 1. The summed E-state index contributed by atoms with van der Waals surface area (Å²) in [7, 11) is 1.60. The molecule has 0 bridgehead atoms. The maximum Gasteiger partial charge on any atom is 0.266 e. The van der Waals surface area contributed by atoms with E-state index in [2.05, 4.69) is 10.1 Å². The van der Waals surface area contributed by atoms with Crippen molar-refractivity contribution in [2.75, 3.05) is 7.11 Å². The maximum absolute atomic E-state index is 13.4. The van der Waals surface area contributed by atoms with Gasteiger partial charge in [-0.15, -0.1) is 0 Å². The average molecular weight is 477 g/mol. The number of hydrogen-bond donors (Lipinski definition) is 0. The van der Waals surface area contributed by atoms with Crippen LogP contribution in [0.15, 0.2) is 87.3 Å². The molecule has 9 heteroatoms. The van der Waals surface area contributed by atoms with Crippen LogP contribution in [0.3, 0.4) is 0 Å². The highest BCUT2D eigenvalue weighted by molar-refractivity contribution is 7.98. The Kier molecular flexibility index (Phi) is 5.85. The Balaban J connectivity index is 1.50. The number of thioether (sulfide) groups is 1. The predicted octanol–water partition coefficient (Wildman–Crippen LogP) is 5.39. The lowest BCUT2D eigenvalue weighted by molar-refractivity contribution is 0.391. The minimum absolute atomic E-state index is 0.154. The first kappa shape index (κ1) is 21.2. The summed E-state index contributed by atoms with van der Waals surface area (Å²) in [5.74, 6) is 1.91. The highest BCUT2D eigenvalue weighted by Gasteiger charge is 2.16. The number of para-hydroxylation sites is 1. The minimum atomic E-state index is -0.154. The smallest absolute Gasteiger partial charge is 0.266 e. The van der Waals surface area contributed by atoms with E-state index >= 15 is 0 Å². The molecule has 3 aromatic carbocycles. The Morgan fingerprint density at radius 3 is 2.64 bits per heavy atom. The summed E-state index contributed by atoms with van der Waals surface area (Å²) < 4.78 is 12.2. The van der Waals surface area contributed by atoms with Crippen molar-refractivity contribution in [3.63, 3.8) is 0 Å². The molecule has 0 radical (unpaired) electrons. The molecular formula is C24H17ClN4O3S. The Morgan fingerprint density at radius 2 is 1.85 bits per heavy atom. The monoisotopic (exact) mass is 476 g/mol. The number of benzene rings is 3. The van der Waals surface area contributed by atoms with E-state index in [9.17, 15) is 4.79 Å². The van der Waals surface area contributed by atoms with Crippen LogP contribution in [0, 0.1) is 0 Å². The van der Waals surface area contributed by atoms with Crippen LogP contribution in [-0.4, -0.2) is 26.8 Å². The molecule has 0 saturated heterocycles. The summed E-state index contributed by atoms with van der Waals surface area (Å²) in [5.41, 5.74) is 1.92. The number of rotatable bonds is 6. The Morgan fingerprint density at radius 1 is 1.03 bits per heavy atom. The van der Waals surface area contributed by atoms with Gasteiger partial charge in [0.05, 0.1) is 29.5 Å². The number of methoxy groups -OCH3 is 1. The fraction of sp³-hybridized carbons (Fsp3) is 0.0833. The van der Waals surface area contributed by atoms with Crippen molar-refractivity contribution in [2.24, 2.45) is 0 Å². The van der Waals surface area contributed by atoms with Crippen LogP contribution in [0.4, 0.5) is 0 Å². The van der Waals surface area contributed by atoms with Crippen molar-refractivity contribution >= 4 is 34.3 Å². The van der Waals surface area contributed by atoms with Crippen LogP contribution >= 0.6 is 23.4 Å². The van der Waals surface area contributed by atoms with Crippen molar-refractivity contribution in [1.82, 2.24) is 19.7 Å². The summed E-state index contributed by atoms with van der Waals surface area (Å²) in [6, 6.07) is 21.8. The third-order valence-electron chi connectivity index (χ3n) is 4.95. The standard InChI is InChI=1S/C24H17ClN4O3S/c1-31-18-11-9-17(10-12-18)29-23(30)19-7-2-3-8-20(19)26-24(29)33-14-21-27-22(28-32-21)15-5-4-6-16(25)13-15/h2-13H,14H2,1H3. The van der Waals surface area contributed by atoms with Gasteiger partial charge in [0.25, 0.3) is 5.56 Å². The second kappa shape index (κ2) is 9.09. The molecule has 0 unspecified atom stereocenters. The minimum Gasteiger partial charge on any atom is -0.497 e. The van der Waals surface area contributed by atoms with Gasteiger partial charge in [-0.2, -0.15) is 4.98 Å². The van der Waals surface area contributed by atoms with Gasteiger partial charge in [-0.05, 0) is 48.5 Å². The van der Waals surface area contributed by atoms with Gasteiger partial charge in [-0.25, -0.2) is 4.98 Å². The zero-order valence-electron chi connectivity index (χ0n) is 17.4. The summed E-state index contributed by atoms with van der Waals surface area (Å²) in [6.45, 7) is 0. The highest BCUT2D eigenvalue weighted by Crippen LogP contribution is 2.26. The Bertz CT molecular complexity index is 1500. The first-order chi connectivity index (χ1) is 16.1. The largest absolute Gasteiger partial charge is 0.497 e. The molecule has 0 atom stereocenters. The second-order valence-electron chi connectivity index (χ2n) is 7.06. The molecule has 5 rings (SSSR count). The molecule has 0 fully saturated rings. The molecule has 0 aliphatic rings. The van der Waals surface area contributed by atoms with Gasteiger partial charge in [-0.1, -0.05) is 52.8 Å². The summed E-state index contributed by atoms with van der Waals surface area (Å²) in [6.07, 6.45) is 0. The fourth-order valence-corrected chi connectivity index (χ4v) is 4.39. The summed E-state index contributed by atoms with van der Waals surface area (Å²) >= 11 is 7.41. The molecule has 7 nitrogen and oxygen atoms in total. The summed E-state index contributed by atoms with van der Waals surface area (Å²) in [5, 5.41) is 5.70. The normalized spacial score (nSPS) is 11.1. The van der Waals surface area contributed by atoms with Gasteiger partial charge >= 0.3 is 0 Å². The SMILES string of the molecule is COc1ccc(-n2c(SCc3nc(-c4cccc(Cl)c4)no3)nc3ccccc3c2=O)cc1. The average Bonchev–Trinajstić information content (AvgIpc) is 3.32. The molecule has 5 aromatic rings. The van der Waals surface area contributed by atoms with Gasteiger partial charge in [0.2, 0.25) is 11.7 Å². The van der Waals surface area contributed by atoms with Crippen LogP contribution in [0.1, 0.15) is 5.89 Å². The maximum atomic E-state index is 13.4. The molecule has 164 valence electrons. The predicted molar refractivity (Wildman–Crippen MR) is 128 cm³/mol. The lowest BCUT2D eigenvalue weighted by Gasteiger charge is -2.13. The van der Waals surface area contributed by atoms with E-state index < -0.39 is 0 Å². The van der Waals surface area contributed by atoms with E-state index in [1.165, 1.54) is 11.8 Å². The first-order valence-electron chi connectivity index (χ1n) is 10.00. The van der Waals surface area contributed by atoms with Crippen molar-refractivity contribution in [2.45, 2.75) is 10.9 Å². The van der Waals surface area contributed by atoms with E-state index in [0.29, 0.717) is 50.0 Å².